The summed E-state index contributed by atoms with van der Waals surface area (Å²) >= 11 is 0. The zero-order chi connectivity index (χ0) is 15.4. The summed E-state index contributed by atoms with van der Waals surface area (Å²) in [5.41, 5.74) is 1.55. The van der Waals surface area contributed by atoms with Crippen LogP contribution < -0.4 is 10.2 Å². The lowest BCUT2D eigenvalue weighted by Gasteiger charge is -2.37. The van der Waals surface area contributed by atoms with Gasteiger partial charge in [0.05, 0.1) is 23.7 Å². The van der Waals surface area contributed by atoms with E-state index in [0.717, 1.165) is 11.4 Å². The number of morpholine rings is 1. The maximum absolute atomic E-state index is 11.1. The topological polar surface area (TPSA) is 87.9 Å². The number of nitro benzene ring substituents is 1. The van der Waals surface area contributed by atoms with Crippen LogP contribution in [0, 0.1) is 10.1 Å². The zero-order valence-electron chi connectivity index (χ0n) is 12.3. The molecule has 1 heterocycles. The Labute approximate surface area is 123 Å². The highest BCUT2D eigenvalue weighted by Gasteiger charge is 2.26. The van der Waals surface area contributed by atoms with Crippen molar-refractivity contribution in [2.75, 3.05) is 36.5 Å². The highest BCUT2D eigenvalue weighted by Crippen LogP contribution is 2.29. The number of nitrogens with one attached hydrogen (secondary N) is 1. The van der Waals surface area contributed by atoms with Gasteiger partial charge in [0, 0.05) is 43.1 Å². The van der Waals surface area contributed by atoms with Gasteiger partial charge in [0.1, 0.15) is 0 Å². The van der Waals surface area contributed by atoms with Crippen molar-refractivity contribution >= 4 is 17.1 Å². The number of benzene rings is 1. The number of rotatable bonds is 5. The van der Waals surface area contributed by atoms with Crippen LogP contribution in [-0.2, 0) is 4.74 Å². The molecule has 1 aromatic rings. The van der Waals surface area contributed by atoms with E-state index in [1.807, 2.05) is 24.8 Å². The van der Waals surface area contributed by atoms with Gasteiger partial charge in [-0.2, -0.15) is 0 Å². The van der Waals surface area contributed by atoms with Gasteiger partial charge in [-0.25, -0.2) is 0 Å². The summed E-state index contributed by atoms with van der Waals surface area (Å²) in [4.78, 5) is 12.7. The van der Waals surface area contributed by atoms with Gasteiger partial charge in [-0.05, 0) is 19.9 Å². The molecular weight excluding hydrogens is 274 g/mol. The molecule has 116 valence electrons. The summed E-state index contributed by atoms with van der Waals surface area (Å²) in [6.45, 7) is 5.67. The quantitative estimate of drug-likeness (QED) is 0.634. The Bertz CT molecular complexity index is 509. The fraction of sp³-hybridized carbons (Fsp3) is 0.571. The minimum Gasteiger partial charge on any atom is -0.394 e. The van der Waals surface area contributed by atoms with Crippen molar-refractivity contribution in [3.63, 3.8) is 0 Å². The van der Waals surface area contributed by atoms with Crippen LogP contribution in [0.5, 0.6) is 0 Å². The van der Waals surface area contributed by atoms with Crippen LogP contribution >= 0.6 is 0 Å². The lowest BCUT2D eigenvalue weighted by Crippen LogP contribution is -2.48. The minimum absolute atomic E-state index is 0.0299. The van der Waals surface area contributed by atoms with E-state index in [1.165, 1.54) is 6.07 Å². The summed E-state index contributed by atoms with van der Waals surface area (Å²) in [5.74, 6) is 0. The van der Waals surface area contributed by atoms with E-state index >= 15 is 0 Å². The van der Waals surface area contributed by atoms with Crippen LogP contribution in [0.3, 0.4) is 0 Å². The molecule has 0 spiro atoms. The summed E-state index contributed by atoms with van der Waals surface area (Å²) < 4.78 is 5.60. The standard InChI is InChI=1S/C14H21N3O4/c1-3-15-11-4-12(6-13(5-11)17(19)20)16-7-10(2)21-14(8-16)9-18/h4-6,10,14-15,18H,3,7-9H2,1-2H3. The fourth-order valence-corrected chi connectivity index (χ4v) is 2.55. The Morgan fingerprint density at radius 2 is 2.24 bits per heavy atom. The molecule has 1 aliphatic rings. The Hall–Kier alpha value is -1.86. The Kier molecular flexibility index (Phi) is 4.98. The van der Waals surface area contributed by atoms with Crippen molar-refractivity contribution in [3.8, 4) is 0 Å². The molecule has 2 rings (SSSR count). The number of nitrogens with zero attached hydrogens (tertiary/aromatic N) is 2. The molecule has 0 aromatic heterocycles. The SMILES string of the molecule is CCNc1cc(N2CC(C)OC(CO)C2)cc([N+](=O)[O-])c1. The van der Waals surface area contributed by atoms with Gasteiger partial charge < -0.3 is 20.1 Å². The van der Waals surface area contributed by atoms with Gasteiger partial charge in [-0.1, -0.05) is 0 Å². The average Bonchev–Trinajstić information content (AvgIpc) is 2.46. The van der Waals surface area contributed by atoms with E-state index in [2.05, 4.69) is 5.32 Å². The summed E-state index contributed by atoms with van der Waals surface area (Å²) in [7, 11) is 0. The number of hydrogen-bond donors (Lipinski definition) is 2. The van der Waals surface area contributed by atoms with Crippen molar-refractivity contribution in [2.45, 2.75) is 26.1 Å². The second-order valence-corrected chi connectivity index (χ2v) is 5.18. The van der Waals surface area contributed by atoms with Crippen LogP contribution in [0.1, 0.15) is 13.8 Å². The molecule has 7 heteroatoms. The molecule has 0 bridgehead atoms. The first kappa shape index (κ1) is 15.5. The molecule has 2 unspecified atom stereocenters. The van der Waals surface area contributed by atoms with Gasteiger partial charge in [0.2, 0.25) is 0 Å². The monoisotopic (exact) mass is 295 g/mol. The third-order valence-electron chi connectivity index (χ3n) is 3.39. The van der Waals surface area contributed by atoms with Gasteiger partial charge >= 0.3 is 0 Å². The number of aliphatic hydroxyl groups excluding tert-OH is 1. The molecule has 0 amide bonds. The second kappa shape index (κ2) is 6.73. The molecular formula is C14H21N3O4. The van der Waals surface area contributed by atoms with Crippen LogP contribution in [0.25, 0.3) is 0 Å². The van der Waals surface area contributed by atoms with Crippen molar-refractivity contribution in [1.82, 2.24) is 0 Å². The molecule has 1 aliphatic heterocycles. The maximum Gasteiger partial charge on any atom is 0.273 e. The first-order valence-corrected chi connectivity index (χ1v) is 7.08. The highest BCUT2D eigenvalue weighted by molar-refractivity contribution is 5.64. The van der Waals surface area contributed by atoms with Gasteiger partial charge in [0.25, 0.3) is 5.69 Å². The van der Waals surface area contributed by atoms with Crippen LogP contribution in [0.2, 0.25) is 0 Å². The van der Waals surface area contributed by atoms with E-state index in [9.17, 15) is 15.2 Å². The van der Waals surface area contributed by atoms with Crippen LogP contribution in [0.4, 0.5) is 17.1 Å². The van der Waals surface area contributed by atoms with Gasteiger partial charge in [-0.15, -0.1) is 0 Å². The van der Waals surface area contributed by atoms with E-state index < -0.39 is 4.92 Å². The molecule has 1 saturated heterocycles. The molecule has 2 atom stereocenters. The largest absolute Gasteiger partial charge is 0.394 e. The molecule has 1 fully saturated rings. The number of anilines is 2. The van der Waals surface area contributed by atoms with Gasteiger partial charge in [-0.3, -0.25) is 10.1 Å². The third-order valence-corrected chi connectivity index (χ3v) is 3.39. The average molecular weight is 295 g/mol. The zero-order valence-corrected chi connectivity index (χ0v) is 12.3. The minimum atomic E-state index is -0.391. The predicted molar refractivity (Wildman–Crippen MR) is 80.9 cm³/mol. The van der Waals surface area contributed by atoms with Crippen molar-refractivity contribution in [3.05, 3.63) is 28.3 Å². The molecule has 1 aromatic carbocycles. The second-order valence-electron chi connectivity index (χ2n) is 5.18. The number of non-ortho nitro benzene ring substituents is 1. The van der Waals surface area contributed by atoms with Crippen molar-refractivity contribution in [2.24, 2.45) is 0 Å². The Morgan fingerprint density at radius 1 is 1.48 bits per heavy atom. The molecule has 0 radical (unpaired) electrons. The van der Waals surface area contributed by atoms with E-state index in [-0.39, 0.29) is 24.5 Å². The normalized spacial score (nSPS) is 22.1. The van der Waals surface area contributed by atoms with Crippen LogP contribution in [0.15, 0.2) is 18.2 Å². The third kappa shape index (κ3) is 3.83. The molecule has 7 nitrogen and oxygen atoms in total. The maximum atomic E-state index is 11.1. The Balaban J connectivity index is 2.30. The van der Waals surface area contributed by atoms with Crippen molar-refractivity contribution in [1.29, 1.82) is 0 Å². The summed E-state index contributed by atoms with van der Waals surface area (Å²) in [5, 5.41) is 23.5. The van der Waals surface area contributed by atoms with E-state index in [4.69, 9.17) is 4.74 Å². The molecule has 2 N–H and O–H groups in total. The first-order valence-electron chi connectivity index (χ1n) is 7.08. The molecule has 0 aliphatic carbocycles. The highest BCUT2D eigenvalue weighted by atomic mass is 16.6. The summed E-state index contributed by atoms with van der Waals surface area (Å²) in [6, 6.07) is 4.98. The lowest BCUT2D eigenvalue weighted by atomic mass is 10.1. The number of ether oxygens (including phenoxy) is 1. The van der Waals surface area contributed by atoms with E-state index in [0.29, 0.717) is 19.6 Å². The number of hydrogen-bond acceptors (Lipinski definition) is 6. The smallest absolute Gasteiger partial charge is 0.273 e. The van der Waals surface area contributed by atoms with Gasteiger partial charge in [0.15, 0.2) is 0 Å². The predicted octanol–water partition coefficient (Wildman–Crippen LogP) is 1.61. The number of aliphatic hydroxyl groups is 1. The first-order chi connectivity index (χ1) is 10.0. The Morgan fingerprint density at radius 3 is 2.86 bits per heavy atom. The van der Waals surface area contributed by atoms with Crippen molar-refractivity contribution < 1.29 is 14.8 Å². The summed E-state index contributed by atoms with van der Waals surface area (Å²) in [6.07, 6.45) is -0.298. The molecule has 21 heavy (non-hydrogen) atoms. The number of nitro groups is 1. The van der Waals surface area contributed by atoms with E-state index in [1.54, 1.807) is 6.07 Å². The van der Waals surface area contributed by atoms with Crippen LogP contribution in [-0.4, -0.2) is 48.5 Å². The fourth-order valence-electron chi connectivity index (χ4n) is 2.55. The molecule has 0 saturated carbocycles. The lowest BCUT2D eigenvalue weighted by molar-refractivity contribution is -0.384.